The number of methoxy groups -OCH3 is 3. The van der Waals surface area contributed by atoms with E-state index in [9.17, 15) is 0 Å². The maximum absolute atomic E-state index is 5.46. The Labute approximate surface area is 128 Å². The largest absolute Gasteiger partial charge is 0.382 e. The molecule has 0 unspecified atom stereocenters. The van der Waals surface area contributed by atoms with Crippen molar-refractivity contribution >= 4 is 0 Å². The van der Waals surface area contributed by atoms with Crippen molar-refractivity contribution in [1.29, 1.82) is 0 Å². The first-order valence-electron chi connectivity index (χ1n) is 7.27. The van der Waals surface area contributed by atoms with Gasteiger partial charge in [-0.05, 0) is 6.42 Å². The van der Waals surface area contributed by atoms with Crippen molar-refractivity contribution < 1.29 is 28.4 Å². The second-order valence-corrected chi connectivity index (χ2v) is 4.43. The van der Waals surface area contributed by atoms with Crippen LogP contribution in [0.15, 0.2) is 0 Å². The molecule has 0 spiro atoms. The molecule has 0 atom stereocenters. The molecule has 0 amide bonds. The molecule has 0 bridgehead atoms. The van der Waals surface area contributed by atoms with Gasteiger partial charge in [-0.3, -0.25) is 4.90 Å². The van der Waals surface area contributed by atoms with Crippen molar-refractivity contribution in [2.45, 2.75) is 6.42 Å². The fourth-order valence-electron chi connectivity index (χ4n) is 1.64. The Hall–Kier alpha value is -0.280. The van der Waals surface area contributed by atoms with Gasteiger partial charge in [0.1, 0.15) is 13.6 Å². The molecule has 128 valence electrons. The lowest BCUT2D eigenvalue weighted by Crippen LogP contribution is -2.33. The summed E-state index contributed by atoms with van der Waals surface area (Å²) in [5.74, 6) is 0. The summed E-state index contributed by atoms with van der Waals surface area (Å²) in [5.41, 5.74) is 0. The first-order valence-corrected chi connectivity index (χ1v) is 7.27. The Morgan fingerprint density at radius 3 is 1.71 bits per heavy atom. The Kier molecular flexibility index (Phi) is 17.5. The number of hydrogen-bond donors (Lipinski definition) is 0. The SMILES string of the molecule is COCCOCCCN(CCOCOC)CCOCOC. The fourth-order valence-corrected chi connectivity index (χ4v) is 1.64. The van der Waals surface area contributed by atoms with Crippen molar-refractivity contribution in [3.63, 3.8) is 0 Å². The zero-order valence-corrected chi connectivity index (χ0v) is 13.7. The molecular formula is C14H31NO6. The van der Waals surface area contributed by atoms with Crippen molar-refractivity contribution in [2.24, 2.45) is 0 Å². The molecule has 0 aromatic carbocycles. The van der Waals surface area contributed by atoms with Gasteiger partial charge in [0.05, 0.1) is 26.4 Å². The first-order chi connectivity index (χ1) is 10.3. The maximum atomic E-state index is 5.46. The minimum atomic E-state index is 0.328. The van der Waals surface area contributed by atoms with E-state index < -0.39 is 0 Å². The van der Waals surface area contributed by atoms with Crippen LogP contribution in [0.1, 0.15) is 6.42 Å². The number of ether oxygens (including phenoxy) is 6. The summed E-state index contributed by atoms with van der Waals surface area (Å²) in [7, 11) is 4.91. The van der Waals surface area contributed by atoms with Crippen molar-refractivity contribution in [3.8, 4) is 0 Å². The average molecular weight is 309 g/mol. The standard InChI is InChI=1S/C14H31NO6/c1-16-11-12-19-8-4-5-15(6-9-20-13-17-2)7-10-21-14-18-3/h4-14H2,1-3H3. The maximum Gasteiger partial charge on any atom is 0.146 e. The molecule has 7 nitrogen and oxygen atoms in total. The van der Waals surface area contributed by atoms with Crippen molar-refractivity contribution in [2.75, 3.05) is 87.6 Å². The molecule has 0 rings (SSSR count). The Morgan fingerprint density at radius 2 is 1.19 bits per heavy atom. The van der Waals surface area contributed by atoms with E-state index in [-0.39, 0.29) is 0 Å². The highest BCUT2D eigenvalue weighted by atomic mass is 16.7. The van der Waals surface area contributed by atoms with Gasteiger partial charge in [-0.2, -0.15) is 0 Å². The minimum absolute atomic E-state index is 0.328. The minimum Gasteiger partial charge on any atom is -0.382 e. The lowest BCUT2D eigenvalue weighted by molar-refractivity contribution is -0.0492. The van der Waals surface area contributed by atoms with Gasteiger partial charge in [0, 0.05) is 47.6 Å². The summed E-state index contributed by atoms with van der Waals surface area (Å²) in [5, 5.41) is 0. The van der Waals surface area contributed by atoms with Gasteiger partial charge in [-0.1, -0.05) is 0 Å². The van der Waals surface area contributed by atoms with Crippen LogP contribution in [0.25, 0.3) is 0 Å². The monoisotopic (exact) mass is 309 g/mol. The predicted octanol–water partition coefficient (Wildman–Crippen LogP) is 0.583. The van der Waals surface area contributed by atoms with E-state index in [1.807, 2.05) is 0 Å². The third-order valence-electron chi connectivity index (χ3n) is 2.70. The molecule has 0 N–H and O–H groups in total. The molecule has 0 aliphatic carbocycles. The van der Waals surface area contributed by atoms with Gasteiger partial charge >= 0.3 is 0 Å². The quantitative estimate of drug-likeness (QED) is 0.288. The molecule has 0 saturated carbocycles. The van der Waals surface area contributed by atoms with Crippen LogP contribution in [-0.2, 0) is 28.4 Å². The fraction of sp³-hybridized carbons (Fsp3) is 1.00. The molecule has 0 aliphatic rings. The highest BCUT2D eigenvalue weighted by molar-refractivity contribution is 4.57. The van der Waals surface area contributed by atoms with Gasteiger partial charge < -0.3 is 28.4 Å². The van der Waals surface area contributed by atoms with Gasteiger partial charge in [0.15, 0.2) is 0 Å². The van der Waals surface area contributed by atoms with Crippen molar-refractivity contribution in [3.05, 3.63) is 0 Å². The van der Waals surface area contributed by atoms with Gasteiger partial charge in [0.2, 0.25) is 0 Å². The van der Waals surface area contributed by atoms with E-state index in [1.54, 1.807) is 21.3 Å². The van der Waals surface area contributed by atoms with Gasteiger partial charge in [-0.15, -0.1) is 0 Å². The predicted molar refractivity (Wildman–Crippen MR) is 79.4 cm³/mol. The summed E-state index contributed by atoms with van der Waals surface area (Å²) >= 11 is 0. The van der Waals surface area contributed by atoms with E-state index in [1.165, 1.54) is 0 Å². The summed E-state index contributed by atoms with van der Waals surface area (Å²) in [6.07, 6.45) is 0.971. The van der Waals surface area contributed by atoms with Crippen LogP contribution in [0.2, 0.25) is 0 Å². The molecular weight excluding hydrogens is 278 g/mol. The van der Waals surface area contributed by atoms with Gasteiger partial charge in [-0.25, -0.2) is 0 Å². The summed E-state index contributed by atoms with van der Waals surface area (Å²) in [6, 6.07) is 0. The van der Waals surface area contributed by atoms with Crippen LogP contribution in [0, 0.1) is 0 Å². The van der Waals surface area contributed by atoms with Crippen LogP contribution >= 0.6 is 0 Å². The third-order valence-corrected chi connectivity index (χ3v) is 2.70. The molecule has 0 aromatic heterocycles. The molecule has 0 radical (unpaired) electrons. The van der Waals surface area contributed by atoms with Crippen LogP contribution < -0.4 is 0 Å². The second kappa shape index (κ2) is 17.8. The molecule has 0 fully saturated rings. The zero-order chi connectivity index (χ0) is 15.6. The van der Waals surface area contributed by atoms with E-state index in [0.29, 0.717) is 40.0 Å². The normalized spacial score (nSPS) is 11.4. The average Bonchev–Trinajstić information content (AvgIpc) is 2.50. The molecule has 0 aliphatic heterocycles. The highest BCUT2D eigenvalue weighted by Gasteiger charge is 2.05. The zero-order valence-electron chi connectivity index (χ0n) is 13.7. The van der Waals surface area contributed by atoms with Crippen LogP contribution in [0.5, 0.6) is 0 Å². The topological polar surface area (TPSA) is 58.6 Å². The Bertz CT molecular complexity index is 184. The Morgan fingerprint density at radius 1 is 0.571 bits per heavy atom. The lowest BCUT2D eigenvalue weighted by atomic mass is 10.4. The summed E-state index contributed by atoms with van der Waals surface area (Å²) < 4.78 is 30.7. The van der Waals surface area contributed by atoms with Crippen LogP contribution in [0.4, 0.5) is 0 Å². The van der Waals surface area contributed by atoms with E-state index in [4.69, 9.17) is 28.4 Å². The van der Waals surface area contributed by atoms with Crippen molar-refractivity contribution in [1.82, 2.24) is 4.90 Å². The first kappa shape index (κ1) is 20.7. The van der Waals surface area contributed by atoms with E-state index >= 15 is 0 Å². The van der Waals surface area contributed by atoms with E-state index in [2.05, 4.69) is 4.90 Å². The number of hydrogen-bond acceptors (Lipinski definition) is 7. The third kappa shape index (κ3) is 15.9. The highest BCUT2D eigenvalue weighted by Crippen LogP contribution is 1.94. The van der Waals surface area contributed by atoms with Gasteiger partial charge in [0.25, 0.3) is 0 Å². The summed E-state index contributed by atoms with van der Waals surface area (Å²) in [4.78, 5) is 2.28. The second-order valence-electron chi connectivity index (χ2n) is 4.43. The lowest BCUT2D eigenvalue weighted by Gasteiger charge is -2.22. The Balaban J connectivity index is 3.67. The van der Waals surface area contributed by atoms with Crippen LogP contribution in [0.3, 0.4) is 0 Å². The molecule has 0 heterocycles. The number of nitrogens with zero attached hydrogens (tertiary/aromatic N) is 1. The molecule has 7 heteroatoms. The summed E-state index contributed by atoms with van der Waals surface area (Å²) in [6.45, 7) is 6.59. The number of rotatable bonds is 17. The van der Waals surface area contributed by atoms with E-state index in [0.717, 1.165) is 32.7 Å². The molecule has 0 aromatic rings. The molecule has 0 saturated heterocycles. The smallest absolute Gasteiger partial charge is 0.146 e. The van der Waals surface area contributed by atoms with Crippen LogP contribution in [-0.4, -0.2) is 92.5 Å². The molecule has 21 heavy (non-hydrogen) atoms.